The molecule has 1 amide bonds. The largest absolute Gasteiger partial charge is 0.496 e. The van der Waals surface area contributed by atoms with E-state index >= 15 is 0 Å². The number of hydrogen-bond acceptors (Lipinski definition) is 4. The molecule has 0 atom stereocenters. The minimum Gasteiger partial charge on any atom is -0.496 e. The summed E-state index contributed by atoms with van der Waals surface area (Å²) < 4.78 is 8.92. The van der Waals surface area contributed by atoms with E-state index < -0.39 is 0 Å². The minimum atomic E-state index is -0.0221. The van der Waals surface area contributed by atoms with Gasteiger partial charge in [-0.15, -0.1) is 0 Å². The van der Waals surface area contributed by atoms with Gasteiger partial charge in [0.25, 0.3) is 0 Å². The average Bonchev–Trinajstić information content (AvgIpc) is 3.13. The van der Waals surface area contributed by atoms with Gasteiger partial charge in [-0.25, -0.2) is 0 Å². The second kappa shape index (κ2) is 6.74. The molecule has 0 aliphatic heterocycles. The summed E-state index contributed by atoms with van der Waals surface area (Å²) in [6.07, 6.45) is 2.14. The number of ether oxygens (including phenoxy) is 1. The first-order valence-corrected chi connectivity index (χ1v) is 7.84. The Morgan fingerprint density at radius 2 is 2.12 bits per heavy atom. The van der Waals surface area contributed by atoms with Crippen LogP contribution in [0.25, 0.3) is 11.0 Å². The molecule has 0 fully saturated rings. The van der Waals surface area contributed by atoms with Crippen molar-refractivity contribution in [3.05, 3.63) is 41.7 Å². The van der Waals surface area contributed by atoms with E-state index in [1.807, 2.05) is 42.9 Å². The van der Waals surface area contributed by atoms with Gasteiger partial charge in [-0.05, 0) is 13.0 Å². The monoisotopic (exact) mass is 327 g/mol. The third-order valence-corrected chi connectivity index (χ3v) is 4.03. The normalized spacial score (nSPS) is 11.0. The van der Waals surface area contributed by atoms with Crippen molar-refractivity contribution in [3.8, 4) is 5.75 Å². The molecule has 0 saturated carbocycles. The van der Waals surface area contributed by atoms with Gasteiger partial charge >= 0.3 is 0 Å². The summed E-state index contributed by atoms with van der Waals surface area (Å²) in [5.74, 6) is 0.753. The molecule has 0 saturated heterocycles. The van der Waals surface area contributed by atoms with Gasteiger partial charge in [-0.2, -0.15) is 10.2 Å². The van der Waals surface area contributed by atoms with Crippen LogP contribution in [0, 0.1) is 6.92 Å². The molecule has 1 aromatic carbocycles. The standard InChI is InChI=1S/C17H21N5O2/c1-12-17-14(21(2)20-12)11-19-22(17)9-8-16(23)18-10-13-6-4-5-7-15(13)24-3/h4-7,11H,8-10H2,1-3H3,(H,18,23). The second-order valence-electron chi connectivity index (χ2n) is 5.65. The molecule has 24 heavy (non-hydrogen) atoms. The molecular weight excluding hydrogens is 306 g/mol. The van der Waals surface area contributed by atoms with Crippen molar-refractivity contribution in [2.45, 2.75) is 26.4 Å². The van der Waals surface area contributed by atoms with Crippen LogP contribution in [-0.4, -0.2) is 32.6 Å². The van der Waals surface area contributed by atoms with Crippen molar-refractivity contribution in [2.75, 3.05) is 7.11 Å². The van der Waals surface area contributed by atoms with E-state index in [9.17, 15) is 4.79 Å². The molecule has 0 aliphatic rings. The van der Waals surface area contributed by atoms with Crippen LogP contribution in [0.5, 0.6) is 5.75 Å². The molecule has 2 heterocycles. The van der Waals surface area contributed by atoms with Gasteiger partial charge in [-0.3, -0.25) is 14.2 Å². The molecule has 0 unspecified atom stereocenters. The fraction of sp³-hybridized carbons (Fsp3) is 0.353. The number of para-hydroxylation sites is 1. The van der Waals surface area contributed by atoms with E-state index in [2.05, 4.69) is 15.5 Å². The fourth-order valence-corrected chi connectivity index (χ4v) is 2.82. The number of carbonyl (C=O) groups excluding carboxylic acids is 1. The molecule has 7 nitrogen and oxygen atoms in total. The number of aryl methyl sites for hydroxylation is 3. The summed E-state index contributed by atoms with van der Waals surface area (Å²) in [7, 11) is 3.52. The number of nitrogens with one attached hydrogen (secondary N) is 1. The quantitative estimate of drug-likeness (QED) is 0.749. The Morgan fingerprint density at radius 1 is 1.33 bits per heavy atom. The average molecular weight is 327 g/mol. The summed E-state index contributed by atoms with van der Waals surface area (Å²) in [4.78, 5) is 12.1. The van der Waals surface area contributed by atoms with E-state index in [4.69, 9.17) is 4.74 Å². The maximum atomic E-state index is 12.1. The molecule has 3 aromatic rings. The first-order valence-electron chi connectivity index (χ1n) is 7.84. The number of carbonyl (C=O) groups is 1. The van der Waals surface area contributed by atoms with Crippen LogP contribution in [0.3, 0.4) is 0 Å². The first kappa shape index (κ1) is 16.0. The Kier molecular flexibility index (Phi) is 4.50. The number of nitrogens with zero attached hydrogens (tertiary/aromatic N) is 4. The maximum absolute atomic E-state index is 12.1. The zero-order valence-electron chi connectivity index (χ0n) is 14.1. The van der Waals surface area contributed by atoms with Crippen molar-refractivity contribution in [2.24, 2.45) is 7.05 Å². The van der Waals surface area contributed by atoms with Crippen LogP contribution in [0.15, 0.2) is 30.5 Å². The topological polar surface area (TPSA) is 74.0 Å². The van der Waals surface area contributed by atoms with Gasteiger partial charge in [0.15, 0.2) is 0 Å². The molecule has 0 radical (unpaired) electrons. The molecule has 7 heteroatoms. The fourth-order valence-electron chi connectivity index (χ4n) is 2.82. The smallest absolute Gasteiger partial charge is 0.222 e. The van der Waals surface area contributed by atoms with Crippen molar-refractivity contribution in [1.29, 1.82) is 0 Å². The third kappa shape index (κ3) is 3.10. The Balaban J connectivity index is 1.59. The van der Waals surface area contributed by atoms with Crippen molar-refractivity contribution < 1.29 is 9.53 Å². The predicted molar refractivity (Wildman–Crippen MR) is 90.7 cm³/mol. The number of benzene rings is 1. The molecule has 2 aromatic heterocycles. The second-order valence-corrected chi connectivity index (χ2v) is 5.65. The van der Waals surface area contributed by atoms with Gasteiger partial charge in [0.1, 0.15) is 16.8 Å². The van der Waals surface area contributed by atoms with Crippen molar-refractivity contribution >= 4 is 16.9 Å². The minimum absolute atomic E-state index is 0.0221. The number of amides is 1. The molecule has 1 N–H and O–H groups in total. The van der Waals surface area contributed by atoms with Crippen LogP contribution in [-0.2, 0) is 24.9 Å². The summed E-state index contributed by atoms with van der Waals surface area (Å²) in [6.45, 7) is 2.92. The van der Waals surface area contributed by atoms with E-state index in [1.54, 1.807) is 18.0 Å². The van der Waals surface area contributed by atoms with Gasteiger partial charge in [0.05, 0.1) is 25.5 Å². The van der Waals surface area contributed by atoms with Gasteiger partial charge < -0.3 is 10.1 Å². The lowest BCUT2D eigenvalue weighted by molar-refractivity contribution is -0.121. The van der Waals surface area contributed by atoms with Crippen LogP contribution >= 0.6 is 0 Å². The van der Waals surface area contributed by atoms with E-state index in [1.165, 1.54) is 0 Å². The summed E-state index contributed by atoms with van der Waals surface area (Å²) in [5, 5.41) is 11.6. The SMILES string of the molecule is COc1ccccc1CNC(=O)CCn1ncc2c1c(C)nn2C. The van der Waals surface area contributed by atoms with Crippen molar-refractivity contribution in [3.63, 3.8) is 0 Å². The highest BCUT2D eigenvalue weighted by molar-refractivity contribution is 5.78. The molecule has 0 aliphatic carbocycles. The number of fused-ring (bicyclic) bond motifs is 1. The Morgan fingerprint density at radius 3 is 2.92 bits per heavy atom. The Bertz CT molecular complexity index is 865. The number of methoxy groups -OCH3 is 1. The zero-order chi connectivity index (χ0) is 17.1. The zero-order valence-corrected chi connectivity index (χ0v) is 14.1. The van der Waals surface area contributed by atoms with E-state index in [0.717, 1.165) is 28.0 Å². The molecule has 126 valence electrons. The van der Waals surface area contributed by atoms with Crippen LogP contribution in [0.1, 0.15) is 17.7 Å². The van der Waals surface area contributed by atoms with E-state index in [-0.39, 0.29) is 5.91 Å². The Hall–Kier alpha value is -2.83. The molecular formula is C17H21N5O2. The van der Waals surface area contributed by atoms with Gasteiger partial charge in [0, 0.05) is 25.6 Å². The lowest BCUT2D eigenvalue weighted by atomic mass is 10.2. The lowest BCUT2D eigenvalue weighted by Crippen LogP contribution is -2.24. The van der Waals surface area contributed by atoms with E-state index in [0.29, 0.717) is 19.5 Å². The van der Waals surface area contributed by atoms with Crippen molar-refractivity contribution in [1.82, 2.24) is 24.9 Å². The number of aromatic nitrogens is 4. The highest BCUT2D eigenvalue weighted by Crippen LogP contribution is 2.18. The maximum Gasteiger partial charge on any atom is 0.222 e. The molecule has 0 bridgehead atoms. The third-order valence-electron chi connectivity index (χ3n) is 4.03. The summed E-state index contributed by atoms with van der Waals surface area (Å²) in [6, 6.07) is 7.65. The molecule has 3 rings (SSSR count). The highest BCUT2D eigenvalue weighted by atomic mass is 16.5. The highest BCUT2D eigenvalue weighted by Gasteiger charge is 2.12. The first-order chi connectivity index (χ1) is 11.6. The van der Waals surface area contributed by atoms with Gasteiger partial charge in [0.2, 0.25) is 5.91 Å². The van der Waals surface area contributed by atoms with Crippen LogP contribution < -0.4 is 10.1 Å². The Labute approximate surface area is 140 Å². The predicted octanol–water partition coefficient (Wildman–Crippen LogP) is 1.79. The lowest BCUT2D eigenvalue weighted by Gasteiger charge is -2.09. The van der Waals surface area contributed by atoms with Crippen LogP contribution in [0.4, 0.5) is 0 Å². The van der Waals surface area contributed by atoms with Gasteiger partial charge in [-0.1, -0.05) is 18.2 Å². The number of rotatable bonds is 6. The van der Waals surface area contributed by atoms with Crippen LogP contribution in [0.2, 0.25) is 0 Å². The number of hydrogen-bond donors (Lipinski definition) is 1. The summed E-state index contributed by atoms with van der Waals surface area (Å²) in [5.41, 5.74) is 3.83. The summed E-state index contributed by atoms with van der Waals surface area (Å²) >= 11 is 0. The molecule has 0 spiro atoms.